The maximum Gasteiger partial charge on any atom is 0.306 e. The van der Waals surface area contributed by atoms with Gasteiger partial charge in [0.25, 0.3) is 0 Å². The lowest BCUT2D eigenvalue weighted by Gasteiger charge is -2.23. The van der Waals surface area contributed by atoms with Crippen molar-refractivity contribution in [1.29, 1.82) is 0 Å². The molecule has 0 amide bonds. The fourth-order valence-corrected chi connectivity index (χ4v) is 10.7. The van der Waals surface area contributed by atoms with Crippen LogP contribution in [0.4, 0.5) is 0 Å². The number of hydrogen-bond donors (Lipinski definition) is 5. The molecule has 1 aliphatic carbocycles. The molecule has 1 saturated heterocycles. The predicted octanol–water partition coefficient (Wildman–Crippen LogP) is 9.54. The molecule has 1 fully saturated rings. The van der Waals surface area contributed by atoms with Gasteiger partial charge in [0, 0.05) is 69.9 Å². The van der Waals surface area contributed by atoms with Crippen LogP contribution in [-0.2, 0) is 22.4 Å². The summed E-state index contributed by atoms with van der Waals surface area (Å²) in [6.45, 7) is 27.2. The molecule has 7 heteroatoms. The fraction of sp³-hybridized carbons (Fsp3) is 0.604. The molecule has 2 unspecified atom stereocenters. The normalized spacial score (nSPS) is 22.1. The monoisotopic (exact) mass is 819 g/mol. The van der Waals surface area contributed by atoms with Crippen molar-refractivity contribution in [2.45, 2.75) is 171 Å². The third kappa shape index (κ3) is 10.4. The topological polar surface area (TPSA) is 106 Å². The number of H-pyrrole nitrogens is 3. The second-order valence-corrected chi connectivity index (χ2v) is 19.6. The van der Waals surface area contributed by atoms with E-state index in [1.165, 1.54) is 84.9 Å². The standard InChI is InChI=1S/C53H78N4O3/c1-12-39-35(8)43-28-45-37(10)41(23-24-50(59)60-26-25-34(7)22-16-21-33(6)20-15-19-32(5)18-14-17-31(3)4)52(56-45)42-27-49(58)51-38(11)46(57-53(42)51)30-48-40(13-2)36(9)44(55-48)29-47(39)54-43/h12,25,29-33,37,41,45,52,54-58H,1,13-24,26-28H2,2-11H3/b34-25+,44-29-,48-30-/t32-,33-,37+,41+,45?,52?/m1/s1. The summed E-state index contributed by atoms with van der Waals surface area (Å²) in [5.41, 5.74) is 11.7. The van der Waals surface area contributed by atoms with Crippen molar-refractivity contribution < 1.29 is 14.6 Å². The molecule has 6 atom stereocenters. The number of hydrogen-bond acceptors (Lipinski definition) is 4. The van der Waals surface area contributed by atoms with E-state index in [2.05, 4.69) is 114 Å². The molecule has 8 bridgehead atoms. The van der Waals surface area contributed by atoms with Gasteiger partial charge < -0.3 is 30.1 Å². The Balaban J connectivity index is 1.12. The Morgan fingerprint density at radius 1 is 0.900 bits per heavy atom. The van der Waals surface area contributed by atoms with E-state index in [9.17, 15) is 9.90 Å². The number of esters is 1. The minimum absolute atomic E-state index is 0.00775. The van der Waals surface area contributed by atoms with E-state index in [0.717, 1.165) is 80.8 Å². The van der Waals surface area contributed by atoms with Crippen LogP contribution in [0.3, 0.4) is 0 Å². The van der Waals surface area contributed by atoms with Gasteiger partial charge in [0.05, 0.1) is 5.35 Å². The lowest BCUT2D eigenvalue weighted by Crippen LogP contribution is -2.37. The lowest BCUT2D eigenvalue weighted by atomic mass is 9.81. The highest BCUT2D eigenvalue weighted by Crippen LogP contribution is 2.39. The summed E-state index contributed by atoms with van der Waals surface area (Å²) in [6.07, 6.45) is 23.5. The zero-order chi connectivity index (χ0) is 43.2. The van der Waals surface area contributed by atoms with Crippen LogP contribution >= 0.6 is 0 Å². The van der Waals surface area contributed by atoms with E-state index in [0.29, 0.717) is 31.6 Å². The van der Waals surface area contributed by atoms with Crippen LogP contribution in [0.15, 0.2) is 18.2 Å². The van der Waals surface area contributed by atoms with Crippen LogP contribution < -0.4 is 26.6 Å². The first-order valence-corrected chi connectivity index (χ1v) is 23.7. The number of carbonyl (C=O) groups is 1. The summed E-state index contributed by atoms with van der Waals surface area (Å²) in [5, 5.41) is 19.7. The van der Waals surface area contributed by atoms with Crippen LogP contribution in [0, 0.1) is 50.4 Å². The minimum Gasteiger partial charge on any atom is -0.511 e. The molecule has 328 valence electrons. The van der Waals surface area contributed by atoms with Crippen molar-refractivity contribution in [3.8, 4) is 0 Å². The Morgan fingerprint density at radius 3 is 2.27 bits per heavy atom. The van der Waals surface area contributed by atoms with E-state index in [4.69, 9.17) is 4.74 Å². The zero-order valence-electron chi connectivity index (χ0n) is 38.9. The van der Waals surface area contributed by atoms with Gasteiger partial charge in [0.2, 0.25) is 0 Å². The average molecular weight is 819 g/mol. The first-order valence-electron chi connectivity index (χ1n) is 23.7. The smallest absolute Gasteiger partial charge is 0.306 e. The van der Waals surface area contributed by atoms with E-state index in [-0.39, 0.29) is 29.9 Å². The number of fused-ring (bicyclic) bond motifs is 8. The van der Waals surface area contributed by atoms with Crippen LogP contribution in [0.25, 0.3) is 29.6 Å². The predicted molar refractivity (Wildman–Crippen MR) is 251 cm³/mol. The summed E-state index contributed by atoms with van der Waals surface area (Å²) in [4.78, 5) is 24.6. The molecule has 3 aliphatic rings. The molecule has 2 aliphatic heterocycles. The van der Waals surface area contributed by atoms with Crippen molar-refractivity contribution >= 4 is 35.5 Å². The third-order valence-corrected chi connectivity index (χ3v) is 14.7. The maximum absolute atomic E-state index is 13.3. The summed E-state index contributed by atoms with van der Waals surface area (Å²) >= 11 is 0. The van der Waals surface area contributed by atoms with Crippen LogP contribution in [-0.4, -0.2) is 44.7 Å². The highest BCUT2D eigenvalue weighted by Gasteiger charge is 2.43. The lowest BCUT2D eigenvalue weighted by molar-refractivity contribution is -0.142. The van der Waals surface area contributed by atoms with Gasteiger partial charge in [-0.3, -0.25) is 4.79 Å². The molecule has 7 nitrogen and oxygen atoms in total. The Morgan fingerprint density at radius 2 is 1.58 bits per heavy atom. The van der Waals surface area contributed by atoms with E-state index in [1.807, 2.05) is 6.08 Å². The fourth-order valence-electron chi connectivity index (χ4n) is 10.7. The summed E-state index contributed by atoms with van der Waals surface area (Å²) in [6, 6.07) is 0.183. The number of carbonyl (C=O) groups excluding carboxylic acids is 1. The zero-order valence-corrected chi connectivity index (χ0v) is 38.9. The van der Waals surface area contributed by atoms with Crippen LogP contribution in [0.2, 0.25) is 0 Å². The molecule has 0 saturated carbocycles. The van der Waals surface area contributed by atoms with Gasteiger partial charge in [-0.15, -0.1) is 0 Å². The van der Waals surface area contributed by atoms with Gasteiger partial charge >= 0.3 is 5.97 Å². The van der Waals surface area contributed by atoms with Crippen LogP contribution in [0.1, 0.15) is 170 Å². The molecule has 60 heavy (non-hydrogen) atoms. The summed E-state index contributed by atoms with van der Waals surface area (Å²) < 4.78 is 5.84. The van der Waals surface area contributed by atoms with Gasteiger partial charge in [-0.25, -0.2) is 0 Å². The van der Waals surface area contributed by atoms with Gasteiger partial charge in [0.1, 0.15) is 12.4 Å². The second-order valence-electron chi connectivity index (χ2n) is 19.6. The molecule has 5 N–H and O–H groups in total. The summed E-state index contributed by atoms with van der Waals surface area (Å²) in [7, 11) is 0. The van der Waals surface area contributed by atoms with Crippen LogP contribution in [0.5, 0.6) is 0 Å². The average Bonchev–Trinajstić information content (AvgIpc) is 3.95. The number of aromatic amines is 3. The van der Waals surface area contributed by atoms with Crippen molar-refractivity contribution in [2.24, 2.45) is 29.6 Å². The molecule has 0 radical (unpaired) electrons. The molecule has 3 aromatic heterocycles. The summed E-state index contributed by atoms with van der Waals surface area (Å²) in [5.74, 6) is 3.18. The minimum atomic E-state index is -0.138. The Kier molecular flexibility index (Phi) is 15.4. The van der Waals surface area contributed by atoms with Crippen molar-refractivity contribution in [3.63, 3.8) is 0 Å². The first-order chi connectivity index (χ1) is 28.7. The van der Waals surface area contributed by atoms with Crippen molar-refractivity contribution in [2.75, 3.05) is 6.61 Å². The molecule has 5 heterocycles. The third-order valence-electron chi connectivity index (χ3n) is 14.7. The Labute approximate surface area is 361 Å². The Bertz CT molecular complexity index is 2280. The first kappa shape index (κ1) is 45.6. The number of aromatic nitrogens is 3. The van der Waals surface area contributed by atoms with E-state index < -0.39 is 0 Å². The molecule has 3 aromatic rings. The Hall–Kier alpha value is -3.97. The highest BCUT2D eigenvalue weighted by atomic mass is 16.5. The SMILES string of the molecule is C=Cc1c2[nH]c(c1C)CC1NC(C3=c4[nH]c(c(C)c4=C(O)C3)/C=c3\[nH]/c(c(C)c3CC)=C\2)[C@@H](CCC(=O)OC/C=C(\C)CCC[C@H](C)CCC[C@H](C)CCCC(C)C)[C@@H]1C. The maximum atomic E-state index is 13.3. The number of nitrogens with one attached hydrogen (secondary N) is 4. The van der Waals surface area contributed by atoms with Crippen molar-refractivity contribution in [3.05, 3.63) is 84.4 Å². The number of aliphatic hydroxyl groups excluding tert-OH is 1. The van der Waals surface area contributed by atoms with Gasteiger partial charge in [-0.1, -0.05) is 105 Å². The molecule has 6 rings (SSSR count). The largest absolute Gasteiger partial charge is 0.511 e. The van der Waals surface area contributed by atoms with Gasteiger partial charge in [0.15, 0.2) is 0 Å². The number of ether oxygens (including phenoxy) is 1. The van der Waals surface area contributed by atoms with E-state index >= 15 is 0 Å². The number of aliphatic hydroxyl groups is 1. The molecular weight excluding hydrogens is 741 g/mol. The highest BCUT2D eigenvalue weighted by molar-refractivity contribution is 5.72. The molecule has 0 aromatic carbocycles. The van der Waals surface area contributed by atoms with Gasteiger partial charge in [-0.05, 0) is 129 Å². The van der Waals surface area contributed by atoms with Crippen molar-refractivity contribution in [1.82, 2.24) is 20.3 Å². The molecular formula is C53H78N4O3. The quantitative estimate of drug-likeness (QED) is 0.0614. The number of rotatable bonds is 19. The number of allylic oxidation sites excluding steroid dienone is 1. The molecule has 0 spiro atoms. The van der Waals surface area contributed by atoms with E-state index in [1.54, 1.807) is 0 Å². The van der Waals surface area contributed by atoms with Gasteiger partial charge in [-0.2, -0.15) is 0 Å². The second kappa shape index (κ2) is 20.3.